The molecule has 1 aromatic carbocycles. The fraction of sp³-hybridized carbons (Fsp3) is 0.438. The van der Waals surface area contributed by atoms with Crippen LogP contribution in [-0.2, 0) is 14.4 Å². The highest BCUT2D eigenvalue weighted by Gasteiger charge is 2.41. The largest absolute Gasteiger partial charge is 0.481 e. The Morgan fingerprint density at radius 3 is 2.54 bits per heavy atom. The average molecular weight is 369 g/mol. The van der Waals surface area contributed by atoms with Crippen molar-refractivity contribution in [3.8, 4) is 0 Å². The average Bonchev–Trinajstić information content (AvgIpc) is 3.15. The molecule has 0 aromatic heterocycles. The highest BCUT2D eigenvalue weighted by molar-refractivity contribution is 8.00. The van der Waals surface area contributed by atoms with Crippen LogP contribution >= 0.6 is 23.4 Å². The third-order valence-corrected chi connectivity index (χ3v) is 5.64. The summed E-state index contributed by atoms with van der Waals surface area (Å²) in [4.78, 5) is 38.7. The molecule has 128 valence electrons. The number of carboxylic acid groups (broad SMARTS) is 1. The lowest BCUT2D eigenvalue weighted by Gasteiger charge is -2.20. The first-order valence-electron chi connectivity index (χ1n) is 7.57. The van der Waals surface area contributed by atoms with Gasteiger partial charge in [0.25, 0.3) is 0 Å². The van der Waals surface area contributed by atoms with Gasteiger partial charge in [0, 0.05) is 24.0 Å². The predicted molar refractivity (Wildman–Crippen MR) is 90.9 cm³/mol. The van der Waals surface area contributed by atoms with Crippen LogP contribution in [0.4, 0.5) is 0 Å². The molecular formula is C16H17ClN2O4S. The molecule has 8 heteroatoms. The molecule has 0 bridgehead atoms. The van der Waals surface area contributed by atoms with E-state index >= 15 is 0 Å². The molecule has 1 N–H and O–H groups in total. The molecule has 1 aromatic rings. The Labute approximate surface area is 148 Å². The van der Waals surface area contributed by atoms with Crippen molar-refractivity contribution in [1.29, 1.82) is 0 Å². The number of carboxylic acids is 1. The SMILES string of the molecule is O=C(O)[C@@H]1CN(C(=O)CN2CSCC2=O)C[C@H]1c1ccc(Cl)cc1. The van der Waals surface area contributed by atoms with Crippen LogP contribution in [0.25, 0.3) is 0 Å². The molecule has 0 radical (unpaired) electrons. The molecule has 3 rings (SSSR count). The molecule has 2 heterocycles. The summed E-state index contributed by atoms with van der Waals surface area (Å²) in [6, 6.07) is 7.05. The maximum absolute atomic E-state index is 12.5. The number of nitrogens with zero attached hydrogens (tertiary/aromatic N) is 2. The molecule has 0 saturated carbocycles. The number of benzene rings is 1. The van der Waals surface area contributed by atoms with Crippen molar-refractivity contribution in [2.24, 2.45) is 5.92 Å². The molecule has 0 aliphatic carbocycles. The Hall–Kier alpha value is -1.73. The van der Waals surface area contributed by atoms with Gasteiger partial charge in [0.2, 0.25) is 11.8 Å². The summed E-state index contributed by atoms with van der Waals surface area (Å²) in [6.45, 7) is 0.523. The zero-order valence-corrected chi connectivity index (χ0v) is 14.4. The number of rotatable bonds is 4. The van der Waals surface area contributed by atoms with Gasteiger partial charge in [0.05, 0.1) is 17.5 Å². The van der Waals surface area contributed by atoms with E-state index in [1.807, 2.05) is 0 Å². The molecule has 2 atom stereocenters. The van der Waals surface area contributed by atoms with Crippen molar-refractivity contribution >= 4 is 41.1 Å². The van der Waals surface area contributed by atoms with Crippen LogP contribution in [0.1, 0.15) is 11.5 Å². The van der Waals surface area contributed by atoms with Crippen molar-refractivity contribution in [3.05, 3.63) is 34.9 Å². The highest BCUT2D eigenvalue weighted by Crippen LogP contribution is 2.33. The van der Waals surface area contributed by atoms with Gasteiger partial charge < -0.3 is 14.9 Å². The number of carbonyl (C=O) groups is 3. The molecule has 2 saturated heterocycles. The van der Waals surface area contributed by atoms with Crippen molar-refractivity contribution in [2.75, 3.05) is 31.3 Å². The van der Waals surface area contributed by atoms with E-state index in [9.17, 15) is 19.5 Å². The number of aliphatic carboxylic acids is 1. The van der Waals surface area contributed by atoms with Crippen LogP contribution in [0.3, 0.4) is 0 Å². The Balaban J connectivity index is 1.72. The van der Waals surface area contributed by atoms with Crippen molar-refractivity contribution in [3.63, 3.8) is 0 Å². The third-order valence-electron chi connectivity index (χ3n) is 4.44. The summed E-state index contributed by atoms with van der Waals surface area (Å²) in [5.74, 6) is -1.17. The molecular weight excluding hydrogens is 352 g/mol. The summed E-state index contributed by atoms with van der Waals surface area (Å²) in [5, 5.41) is 10.1. The van der Waals surface area contributed by atoms with E-state index in [2.05, 4.69) is 0 Å². The van der Waals surface area contributed by atoms with Crippen molar-refractivity contribution in [2.45, 2.75) is 5.92 Å². The van der Waals surface area contributed by atoms with E-state index in [1.165, 1.54) is 16.7 Å². The predicted octanol–water partition coefficient (Wildman–Crippen LogP) is 1.50. The number of carbonyl (C=O) groups excluding carboxylic acids is 2. The monoisotopic (exact) mass is 368 g/mol. The Morgan fingerprint density at radius 2 is 1.96 bits per heavy atom. The van der Waals surface area contributed by atoms with Gasteiger partial charge in [-0.25, -0.2) is 0 Å². The number of likely N-dealkylation sites (tertiary alicyclic amines) is 1. The molecule has 2 fully saturated rings. The van der Waals surface area contributed by atoms with Gasteiger partial charge in [-0.15, -0.1) is 11.8 Å². The number of hydrogen-bond acceptors (Lipinski definition) is 4. The Morgan fingerprint density at radius 1 is 1.25 bits per heavy atom. The molecule has 2 amide bonds. The number of thioether (sulfide) groups is 1. The third kappa shape index (κ3) is 3.52. The molecule has 24 heavy (non-hydrogen) atoms. The van der Waals surface area contributed by atoms with Gasteiger partial charge in [0.1, 0.15) is 6.54 Å². The van der Waals surface area contributed by atoms with E-state index in [-0.39, 0.29) is 30.8 Å². The summed E-state index contributed by atoms with van der Waals surface area (Å²) in [6.07, 6.45) is 0. The molecule has 2 aliphatic rings. The first kappa shape index (κ1) is 17.1. The van der Waals surface area contributed by atoms with E-state index in [1.54, 1.807) is 29.2 Å². The lowest BCUT2D eigenvalue weighted by atomic mass is 9.89. The summed E-state index contributed by atoms with van der Waals surface area (Å²) < 4.78 is 0. The first-order chi connectivity index (χ1) is 11.5. The second-order valence-electron chi connectivity index (χ2n) is 5.97. The maximum Gasteiger partial charge on any atom is 0.308 e. The van der Waals surface area contributed by atoms with Gasteiger partial charge in [-0.2, -0.15) is 0 Å². The van der Waals surface area contributed by atoms with Crippen LogP contribution in [0, 0.1) is 5.92 Å². The van der Waals surface area contributed by atoms with E-state index in [0.29, 0.717) is 23.2 Å². The van der Waals surface area contributed by atoms with Crippen LogP contribution in [0.5, 0.6) is 0 Å². The van der Waals surface area contributed by atoms with Crippen LogP contribution in [0.2, 0.25) is 5.02 Å². The second-order valence-corrected chi connectivity index (χ2v) is 7.36. The fourth-order valence-corrected chi connectivity index (χ4v) is 4.14. The zero-order chi connectivity index (χ0) is 17.3. The van der Waals surface area contributed by atoms with E-state index in [0.717, 1.165) is 5.56 Å². The second kappa shape index (κ2) is 7.03. The van der Waals surface area contributed by atoms with Crippen molar-refractivity contribution in [1.82, 2.24) is 9.80 Å². The Bertz CT molecular complexity index is 667. The maximum atomic E-state index is 12.5. The normalized spacial score (nSPS) is 23.8. The molecule has 0 spiro atoms. The quantitative estimate of drug-likeness (QED) is 0.871. The van der Waals surface area contributed by atoms with Crippen LogP contribution in [-0.4, -0.2) is 64.0 Å². The number of hydrogen-bond donors (Lipinski definition) is 1. The van der Waals surface area contributed by atoms with Gasteiger partial charge in [-0.05, 0) is 17.7 Å². The zero-order valence-electron chi connectivity index (χ0n) is 12.9. The molecule has 6 nitrogen and oxygen atoms in total. The van der Waals surface area contributed by atoms with Gasteiger partial charge in [-0.1, -0.05) is 23.7 Å². The van der Waals surface area contributed by atoms with Crippen LogP contribution in [0.15, 0.2) is 24.3 Å². The first-order valence-corrected chi connectivity index (χ1v) is 9.10. The van der Waals surface area contributed by atoms with Crippen molar-refractivity contribution < 1.29 is 19.5 Å². The minimum Gasteiger partial charge on any atom is -0.481 e. The van der Waals surface area contributed by atoms with Crippen LogP contribution < -0.4 is 0 Å². The van der Waals surface area contributed by atoms with E-state index < -0.39 is 11.9 Å². The number of amides is 2. The van der Waals surface area contributed by atoms with Gasteiger partial charge in [0.15, 0.2) is 0 Å². The highest BCUT2D eigenvalue weighted by atomic mass is 35.5. The lowest BCUT2D eigenvalue weighted by Crippen LogP contribution is -2.40. The summed E-state index contributed by atoms with van der Waals surface area (Å²) in [5.41, 5.74) is 0.856. The summed E-state index contributed by atoms with van der Waals surface area (Å²) >= 11 is 7.36. The smallest absolute Gasteiger partial charge is 0.308 e. The lowest BCUT2D eigenvalue weighted by molar-refractivity contribution is -0.142. The minimum absolute atomic E-state index is 0.0194. The molecule has 2 aliphatic heterocycles. The minimum atomic E-state index is -0.918. The number of halogens is 1. The fourth-order valence-electron chi connectivity index (χ4n) is 3.11. The van der Waals surface area contributed by atoms with Gasteiger partial charge in [-0.3, -0.25) is 14.4 Å². The Kier molecular flexibility index (Phi) is 5.01. The molecule has 0 unspecified atom stereocenters. The summed E-state index contributed by atoms with van der Waals surface area (Å²) in [7, 11) is 0. The van der Waals surface area contributed by atoms with E-state index in [4.69, 9.17) is 11.6 Å². The van der Waals surface area contributed by atoms with Gasteiger partial charge >= 0.3 is 5.97 Å². The topological polar surface area (TPSA) is 77.9 Å². The standard InChI is InChI=1S/C16H17ClN2O4S/c17-11-3-1-10(2-4-11)12-5-18(6-13(12)16(22)23)14(20)7-19-9-24-8-15(19)21/h1-4,12-13H,5-9H2,(H,22,23)/t12-,13+/m0/s1.